The summed E-state index contributed by atoms with van der Waals surface area (Å²) >= 11 is 0. The Balaban J connectivity index is 1.93. The molecule has 0 N–H and O–H groups in total. The van der Waals surface area contributed by atoms with Crippen molar-refractivity contribution in [1.82, 2.24) is 9.78 Å². The maximum absolute atomic E-state index is 13.2. The Bertz CT molecular complexity index is 322. The smallest absolute Gasteiger partial charge is 0.118 e. The first kappa shape index (κ1) is 6.63. The quantitative estimate of drug-likeness (QED) is 0.622. The van der Waals surface area contributed by atoms with Gasteiger partial charge in [-0.2, -0.15) is 5.10 Å². The van der Waals surface area contributed by atoms with Crippen LogP contribution in [0.15, 0.2) is 12.4 Å². The summed E-state index contributed by atoms with van der Waals surface area (Å²) in [5, 5.41) is 4.23. The van der Waals surface area contributed by atoms with Crippen LogP contribution in [0.25, 0.3) is 0 Å². The van der Waals surface area contributed by atoms with Crippen LogP contribution in [0.5, 0.6) is 0 Å². The normalized spacial score (nSPS) is 43.5. The van der Waals surface area contributed by atoms with Gasteiger partial charge >= 0.3 is 0 Å². The molecule has 0 atom stereocenters. The number of halogens is 1. The Morgan fingerprint density at radius 2 is 2.17 bits per heavy atom. The van der Waals surface area contributed by atoms with Crippen LogP contribution in [-0.2, 0) is 5.54 Å². The molecule has 64 valence electrons. The molecule has 1 aromatic rings. The van der Waals surface area contributed by atoms with Crippen molar-refractivity contribution in [3.63, 3.8) is 0 Å². The van der Waals surface area contributed by atoms with Crippen LogP contribution >= 0.6 is 0 Å². The third-order valence-electron chi connectivity index (χ3n) is 3.14. The van der Waals surface area contributed by atoms with Crippen molar-refractivity contribution in [3.05, 3.63) is 18.0 Å². The lowest BCUT2D eigenvalue weighted by molar-refractivity contribution is -0.203. The molecule has 2 nitrogen and oxygen atoms in total. The topological polar surface area (TPSA) is 17.8 Å². The molecule has 1 heterocycles. The van der Waals surface area contributed by atoms with Crippen LogP contribution in [-0.4, -0.2) is 15.4 Å². The first-order chi connectivity index (χ1) is 5.62. The second-order valence-corrected chi connectivity index (χ2v) is 4.37. The third-order valence-corrected chi connectivity index (χ3v) is 3.14. The van der Waals surface area contributed by atoms with E-state index in [1.807, 2.05) is 24.0 Å². The number of aryl methyl sites for hydroxylation is 1. The largest absolute Gasteiger partial charge is 0.266 e. The van der Waals surface area contributed by atoms with Gasteiger partial charge in [0.2, 0.25) is 0 Å². The molecule has 3 saturated carbocycles. The zero-order chi connectivity index (χ0) is 8.40. The van der Waals surface area contributed by atoms with E-state index >= 15 is 0 Å². The Kier molecular flexibility index (Phi) is 0.875. The van der Waals surface area contributed by atoms with Crippen molar-refractivity contribution in [2.24, 2.45) is 0 Å². The van der Waals surface area contributed by atoms with Crippen LogP contribution < -0.4 is 0 Å². The van der Waals surface area contributed by atoms with Crippen LogP contribution in [0.1, 0.15) is 24.8 Å². The van der Waals surface area contributed by atoms with E-state index in [0.29, 0.717) is 19.3 Å². The number of hydrogen-bond donors (Lipinski definition) is 0. The Morgan fingerprint density at radius 1 is 1.50 bits per heavy atom. The van der Waals surface area contributed by atoms with Crippen LogP contribution in [0.4, 0.5) is 4.39 Å². The highest BCUT2D eigenvalue weighted by Crippen LogP contribution is 2.67. The maximum Gasteiger partial charge on any atom is 0.118 e. The summed E-state index contributed by atoms with van der Waals surface area (Å²) in [6, 6.07) is 0. The van der Waals surface area contributed by atoms with Gasteiger partial charge in [0.15, 0.2) is 0 Å². The van der Waals surface area contributed by atoms with Gasteiger partial charge in [-0.1, -0.05) is 0 Å². The summed E-state index contributed by atoms with van der Waals surface area (Å²) in [4.78, 5) is 0. The molecule has 0 spiro atoms. The highest BCUT2D eigenvalue weighted by Gasteiger charge is 2.70. The van der Waals surface area contributed by atoms with Crippen molar-refractivity contribution >= 4 is 0 Å². The van der Waals surface area contributed by atoms with E-state index in [-0.39, 0.29) is 5.54 Å². The highest BCUT2D eigenvalue weighted by molar-refractivity contribution is 5.23. The summed E-state index contributed by atoms with van der Waals surface area (Å²) in [6.45, 7) is 2.01. The molecular weight excluding hydrogens is 155 g/mol. The second-order valence-electron chi connectivity index (χ2n) is 4.37. The fourth-order valence-corrected chi connectivity index (χ4v) is 2.53. The van der Waals surface area contributed by atoms with Crippen molar-refractivity contribution in [2.45, 2.75) is 37.4 Å². The molecule has 0 saturated heterocycles. The van der Waals surface area contributed by atoms with Crippen molar-refractivity contribution in [2.75, 3.05) is 0 Å². The molecule has 1 aromatic heterocycles. The zero-order valence-corrected chi connectivity index (χ0v) is 7.05. The first-order valence-electron chi connectivity index (χ1n) is 4.33. The Hall–Kier alpha value is -0.860. The molecule has 3 aliphatic rings. The fraction of sp³-hybridized carbons (Fsp3) is 0.667. The number of alkyl halides is 1. The SMILES string of the molecule is Cc1cnn(C23CC(F)(C2)C3)c1. The first-order valence-corrected chi connectivity index (χ1v) is 4.33. The molecule has 12 heavy (non-hydrogen) atoms. The molecular formula is C9H11FN2. The minimum atomic E-state index is -0.820. The van der Waals surface area contributed by atoms with Gasteiger partial charge in [-0.05, 0) is 12.5 Å². The van der Waals surface area contributed by atoms with Gasteiger partial charge in [0, 0.05) is 25.5 Å². The number of nitrogens with zero attached hydrogens (tertiary/aromatic N) is 2. The molecule has 3 heteroatoms. The lowest BCUT2D eigenvalue weighted by atomic mass is 9.47. The number of aromatic nitrogens is 2. The summed E-state index contributed by atoms with van der Waals surface area (Å²) in [7, 11) is 0. The van der Waals surface area contributed by atoms with Crippen molar-refractivity contribution in [3.8, 4) is 0 Å². The minimum absolute atomic E-state index is 0.0724. The zero-order valence-electron chi connectivity index (χ0n) is 7.05. The summed E-state index contributed by atoms with van der Waals surface area (Å²) in [5.74, 6) is 0. The summed E-state index contributed by atoms with van der Waals surface area (Å²) in [5.41, 5.74) is 0.413. The van der Waals surface area contributed by atoms with E-state index in [9.17, 15) is 4.39 Å². The predicted molar refractivity (Wildman–Crippen MR) is 42.6 cm³/mol. The Morgan fingerprint density at radius 3 is 2.58 bits per heavy atom. The molecule has 0 aliphatic heterocycles. The lowest BCUT2D eigenvalue weighted by Crippen LogP contribution is -2.70. The minimum Gasteiger partial charge on any atom is -0.266 e. The van der Waals surface area contributed by atoms with E-state index in [1.54, 1.807) is 0 Å². The average molecular weight is 166 g/mol. The summed E-state index contributed by atoms with van der Waals surface area (Å²) in [6.07, 6.45) is 5.90. The van der Waals surface area contributed by atoms with Crippen LogP contribution in [0.2, 0.25) is 0 Å². The van der Waals surface area contributed by atoms with Crippen molar-refractivity contribution in [1.29, 1.82) is 0 Å². The van der Waals surface area contributed by atoms with E-state index in [1.165, 1.54) is 0 Å². The molecule has 3 aliphatic carbocycles. The molecule has 2 bridgehead atoms. The Labute approximate surface area is 70.4 Å². The second kappa shape index (κ2) is 1.58. The molecule has 0 amide bonds. The number of rotatable bonds is 1. The van der Waals surface area contributed by atoms with E-state index in [4.69, 9.17) is 0 Å². The van der Waals surface area contributed by atoms with Crippen LogP contribution in [0.3, 0.4) is 0 Å². The molecule has 0 unspecified atom stereocenters. The average Bonchev–Trinajstić information content (AvgIpc) is 2.26. The van der Waals surface area contributed by atoms with Gasteiger partial charge in [-0.15, -0.1) is 0 Å². The molecule has 3 fully saturated rings. The monoisotopic (exact) mass is 166 g/mol. The third kappa shape index (κ3) is 0.586. The van der Waals surface area contributed by atoms with E-state index in [0.717, 1.165) is 5.56 Å². The van der Waals surface area contributed by atoms with E-state index < -0.39 is 5.67 Å². The maximum atomic E-state index is 13.2. The molecule has 0 aromatic carbocycles. The van der Waals surface area contributed by atoms with Gasteiger partial charge in [-0.25, -0.2) is 4.39 Å². The van der Waals surface area contributed by atoms with Gasteiger partial charge in [-0.3, -0.25) is 4.68 Å². The number of hydrogen-bond acceptors (Lipinski definition) is 1. The van der Waals surface area contributed by atoms with Gasteiger partial charge < -0.3 is 0 Å². The predicted octanol–water partition coefficient (Wildman–Crippen LogP) is 1.79. The summed E-state index contributed by atoms with van der Waals surface area (Å²) < 4.78 is 15.1. The van der Waals surface area contributed by atoms with Gasteiger partial charge in [0.1, 0.15) is 5.67 Å². The van der Waals surface area contributed by atoms with Crippen molar-refractivity contribution < 1.29 is 4.39 Å². The highest BCUT2D eigenvalue weighted by atomic mass is 19.1. The van der Waals surface area contributed by atoms with Gasteiger partial charge in [0.25, 0.3) is 0 Å². The van der Waals surface area contributed by atoms with E-state index in [2.05, 4.69) is 5.10 Å². The van der Waals surface area contributed by atoms with Gasteiger partial charge in [0.05, 0.1) is 11.7 Å². The molecule has 0 radical (unpaired) electrons. The fourth-order valence-electron chi connectivity index (χ4n) is 2.53. The molecule has 4 rings (SSSR count). The van der Waals surface area contributed by atoms with Crippen LogP contribution in [0, 0.1) is 6.92 Å². The lowest BCUT2D eigenvalue weighted by Gasteiger charge is -2.65. The standard InChI is InChI=1S/C9H11FN2/c1-7-2-11-12(3-7)9-4-8(10,5-9)6-9/h2-3H,4-6H2,1H3.